The molecular formula is C24H22INO8S. The Balaban J connectivity index is 1.82. The van der Waals surface area contributed by atoms with E-state index in [1.165, 1.54) is 26.2 Å². The third kappa shape index (κ3) is 6.14. The Labute approximate surface area is 219 Å². The van der Waals surface area contributed by atoms with Crippen molar-refractivity contribution in [2.45, 2.75) is 26.5 Å². The van der Waals surface area contributed by atoms with Gasteiger partial charge in [-0.3, -0.25) is 14.5 Å². The van der Waals surface area contributed by atoms with Gasteiger partial charge in [0.2, 0.25) is 0 Å². The van der Waals surface area contributed by atoms with Gasteiger partial charge in [-0.2, -0.15) is 0 Å². The summed E-state index contributed by atoms with van der Waals surface area (Å²) in [6, 6.07) is 8.82. The summed E-state index contributed by atoms with van der Waals surface area (Å²) in [4.78, 5) is 49.5. The lowest BCUT2D eigenvalue weighted by Gasteiger charge is -2.19. The number of imide groups is 1. The quantitative estimate of drug-likeness (QED) is 0.247. The van der Waals surface area contributed by atoms with E-state index >= 15 is 0 Å². The smallest absolute Gasteiger partial charge is 0.335 e. The van der Waals surface area contributed by atoms with Crippen LogP contribution in [0.1, 0.15) is 35.3 Å². The molecule has 184 valence electrons. The number of rotatable bonds is 9. The largest absolute Gasteiger partial charge is 0.493 e. The lowest BCUT2D eigenvalue weighted by molar-refractivity contribution is -0.150. The van der Waals surface area contributed by atoms with Crippen molar-refractivity contribution < 1.29 is 38.5 Å². The molecule has 1 fully saturated rings. The van der Waals surface area contributed by atoms with Crippen LogP contribution in [0.2, 0.25) is 0 Å². The zero-order chi connectivity index (χ0) is 25.7. The topological polar surface area (TPSA) is 119 Å². The van der Waals surface area contributed by atoms with E-state index in [9.17, 15) is 19.2 Å². The number of amides is 2. The Morgan fingerprint density at radius 3 is 2.63 bits per heavy atom. The average Bonchev–Trinajstić information content (AvgIpc) is 3.10. The molecule has 1 N–H and O–H groups in total. The molecule has 1 aliphatic rings. The molecule has 2 aromatic rings. The van der Waals surface area contributed by atoms with Crippen molar-refractivity contribution in [3.8, 4) is 11.5 Å². The highest BCUT2D eigenvalue weighted by molar-refractivity contribution is 14.1. The molecule has 2 amide bonds. The number of hydrogen-bond donors (Lipinski definition) is 1. The van der Waals surface area contributed by atoms with E-state index in [-0.39, 0.29) is 23.7 Å². The van der Waals surface area contributed by atoms with Crippen molar-refractivity contribution in [1.29, 1.82) is 0 Å². The molecule has 0 aromatic heterocycles. The molecule has 0 spiro atoms. The minimum Gasteiger partial charge on any atom is -0.493 e. The Kier molecular flexibility index (Phi) is 8.78. The first-order valence-electron chi connectivity index (χ1n) is 10.4. The number of nitrogens with zero attached hydrogens (tertiary/aromatic N) is 1. The molecule has 2 aromatic carbocycles. The normalized spacial score (nSPS) is 15.3. The van der Waals surface area contributed by atoms with Gasteiger partial charge in [-0.25, -0.2) is 9.59 Å². The van der Waals surface area contributed by atoms with E-state index in [4.69, 9.17) is 19.3 Å². The number of carboxylic acid groups (broad SMARTS) is 1. The van der Waals surface area contributed by atoms with Gasteiger partial charge in [-0.1, -0.05) is 12.1 Å². The van der Waals surface area contributed by atoms with Crippen LogP contribution in [0.4, 0.5) is 4.79 Å². The van der Waals surface area contributed by atoms with Crippen LogP contribution in [0, 0.1) is 3.57 Å². The van der Waals surface area contributed by atoms with Gasteiger partial charge in [0, 0.05) is 0 Å². The zero-order valence-electron chi connectivity index (χ0n) is 19.1. The van der Waals surface area contributed by atoms with Crippen LogP contribution in [-0.4, -0.2) is 52.8 Å². The fraction of sp³-hybridized carbons (Fsp3) is 0.250. The summed E-state index contributed by atoms with van der Waals surface area (Å²) in [7, 11) is 1.47. The summed E-state index contributed by atoms with van der Waals surface area (Å²) >= 11 is 2.81. The highest BCUT2D eigenvalue weighted by Gasteiger charge is 2.41. The van der Waals surface area contributed by atoms with E-state index in [1.807, 2.05) is 0 Å². The number of carboxylic acids is 1. The summed E-state index contributed by atoms with van der Waals surface area (Å²) in [5, 5.41) is 8.61. The van der Waals surface area contributed by atoms with Crippen LogP contribution in [0.25, 0.3) is 6.08 Å². The van der Waals surface area contributed by atoms with Crippen LogP contribution in [-0.2, 0) is 20.9 Å². The van der Waals surface area contributed by atoms with Gasteiger partial charge in [0.25, 0.3) is 11.1 Å². The SMILES string of the molecule is CCOC(=O)[C@H](C)N1C(=O)S/C(=C/c2cc(I)c(OCc3cccc(C(=O)O)c3)c(OC)c2)C1=O. The molecule has 1 atom stereocenters. The molecule has 35 heavy (non-hydrogen) atoms. The number of ether oxygens (including phenoxy) is 3. The Hall–Kier alpha value is -3.06. The maximum Gasteiger partial charge on any atom is 0.335 e. The molecule has 1 aliphatic heterocycles. The van der Waals surface area contributed by atoms with E-state index in [0.29, 0.717) is 26.2 Å². The van der Waals surface area contributed by atoms with Crippen LogP contribution in [0.3, 0.4) is 0 Å². The van der Waals surface area contributed by atoms with E-state index in [1.54, 1.807) is 37.3 Å². The summed E-state index contributed by atoms with van der Waals surface area (Å²) in [5.74, 6) is -1.40. The summed E-state index contributed by atoms with van der Waals surface area (Å²) in [6.07, 6.45) is 1.55. The number of carbonyl (C=O) groups is 4. The van der Waals surface area contributed by atoms with Gasteiger partial charge in [0.1, 0.15) is 12.6 Å². The molecule has 1 heterocycles. The maximum absolute atomic E-state index is 12.8. The number of methoxy groups -OCH3 is 1. The molecule has 0 radical (unpaired) electrons. The summed E-state index contributed by atoms with van der Waals surface area (Å²) < 4.78 is 17.0. The highest BCUT2D eigenvalue weighted by Crippen LogP contribution is 2.38. The molecule has 9 nitrogen and oxygen atoms in total. The number of hydrogen-bond acceptors (Lipinski definition) is 8. The Bertz CT molecular complexity index is 1210. The van der Waals surface area contributed by atoms with Crippen molar-refractivity contribution >= 4 is 63.5 Å². The van der Waals surface area contributed by atoms with Crippen LogP contribution < -0.4 is 9.47 Å². The first kappa shape index (κ1) is 26.5. The van der Waals surface area contributed by atoms with E-state index < -0.39 is 29.1 Å². The van der Waals surface area contributed by atoms with Crippen molar-refractivity contribution in [2.24, 2.45) is 0 Å². The lowest BCUT2D eigenvalue weighted by atomic mass is 10.1. The number of halogens is 1. The maximum atomic E-state index is 12.8. The second-order valence-corrected chi connectivity index (χ2v) is 9.46. The first-order chi connectivity index (χ1) is 16.7. The third-order valence-electron chi connectivity index (χ3n) is 4.95. The molecule has 0 aliphatic carbocycles. The molecule has 0 unspecified atom stereocenters. The zero-order valence-corrected chi connectivity index (χ0v) is 22.0. The number of carbonyl (C=O) groups excluding carboxylic acids is 3. The first-order valence-corrected chi connectivity index (χ1v) is 12.3. The van der Waals surface area contributed by atoms with E-state index in [0.717, 1.165) is 16.7 Å². The van der Waals surface area contributed by atoms with Gasteiger partial charge >= 0.3 is 11.9 Å². The standard InChI is InChI=1S/C24H22INO8S/c1-4-33-23(30)13(2)26-21(27)19(35-24(26)31)11-15-9-17(25)20(18(10-15)32-3)34-12-14-6-5-7-16(8-14)22(28)29/h5-11,13H,4,12H2,1-3H3,(H,28,29)/b19-11+/t13-/m0/s1. The minimum absolute atomic E-state index is 0.122. The molecule has 3 rings (SSSR count). The third-order valence-corrected chi connectivity index (χ3v) is 6.63. The summed E-state index contributed by atoms with van der Waals surface area (Å²) in [5.41, 5.74) is 1.44. The fourth-order valence-corrected chi connectivity index (χ4v) is 4.94. The van der Waals surface area contributed by atoms with Gasteiger partial charge in [0.15, 0.2) is 11.5 Å². The van der Waals surface area contributed by atoms with Crippen molar-refractivity contribution in [3.63, 3.8) is 0 Å². The predicted octanol–water partition coefficient (Wildman–Crippen LogP) is 4.56. The van der Waals surface area contributed by atoms with Crippen LogP contribution in [0.15, 0.2) is 41.3 Å². The molecule has 0 saturated carbocycles. The van der Waals surface area contributed by atoms with Crippen molar-refractivity contribution in [1.82, 2.24) is 4.90 Å². The van der Waals surface area contributed by atoms with Crippen LogP contribution in [0.5, 0.6) is 11.5 Å². The Morgan fingerprint density at radius 1 is 1.23 bits per heavy atom. The van der Waals surface area contributed by atoms with Gasteiger partial charge in [-0.05, 0) is 89.7 Å². The van der Waals surface area contributed by atoms with Crippen molar-refractivity contribution in [3.05, 3.63) is 61.6 Å². The number of esters is 1. The van der Waals surface area contributed by atoms with Crippen molar-refractivity contribution in [2.75, 3.05) is 13.7 Å². The van der Waals surface area contributed by atoms with E-state index in [2.05, 4.69) is 22.6 Å². The second-order valence-electron chi connectivity index (χ2n) is 7.31. The minimum atomic E-state index is -1.03. The molecule has 1 saturated heterocycles. The van der Waals surface area contributed by atoms with Gasteiger partial charge in [0.05, 0.1) is 27.8 Å². The summed E-state index contributed by atoms with van der Waals surface area (Å²) in [6.45, 7) is 3.36. The Morgan fingerprint density at radius 2 is 1.97 bits per heavy atom. The fourth-order valence-electron chi connectivity index (χ4n) is 3.25. The van der Waals surface area contributed by atoms with Gasteiger partial charge in [-0.15, -0.1) is 0 Å². The molecule has 11 heteroatoms. The van der Waals surface area contributed by atoms with Crippen LogP contribution >= 0.6 is 34.4 Å². The van der Waals surface area contributed by atoms with Gasteiger partial charge < -0.3 is 19.3 Å². The number of benzene rings is 2. The predicted molar refractivity (Wildman–Crippen MR) is 137 cm³/mol. The second kappa shape index (κ2) is 11.6. The highest BCUT2D eigenvalue weighted by atomic mass is 127. The lowest BCUT2D eigenvalue weighted by Crippen LogP contribution is -2.42. The molecular weight excluding hydrogens is 589 g/mol. The monoisotopic (exact) mass is 611 g/mol. The molecule has 0 bridgehead atoms. The number of aromatic carboxylic acids is 1. The average molecular weight is 611 g/mol. The number of thioether (sulfide) groups is 1.